The molecule has 0 radical (unpaired) electrons. The summed E-state index contributed by atoms with van der Waals surface area (Å²) in [5, 5.41) is 11.5. The van der Waals surface area contributed by atoms with E-state index in [-0.39, 0.29) is 0 Å². The lowest BCUT2D eigenvalue weighted by Gasteiger charge is -2.24. The highest BCUT2D eigenvalue weighted by molar-refractivity contribution is 6.60. The summed E-state index contributed by atoms with van der Waals surface area (Å²) >= 11 is 0. The van der Waals surface area contributed by atoms with Crippen molar-refractivity contribution in [3.8, 4) is 6.07 Å². The molecule has 9 nitrogen and oxygen atoms in total. The summed E-state index contributed by atoms with van der Waals surface area (Å²) < 4.78 is 31.1. The molecule has 0 spiro atoms. The van der Waals surface area contributed by atoms with Crippen molar-refractivity contribution < 1.29 is 26.6 Å². The monoisotopic (exact) mass is 397 g/mol. The van der Waals surface area contributed by atoms with Gasteiger partial charge < -0.3 is 37.6 Å². The van der Waals surface area contributed by atoms with Gasteiger partial charge in [0.1, 0.15) is 0 Å². The van der Waals surface area contributed by atoms with Crippen molar-refractivity contribution >= 4 is 17.6 Å². The van der Waals surface area contributed by atoms with Crippen LogP contribution in [0.4, 0.5) is 0 Å². The van der Waals surface area contributed by atoms with Crippen molar-refractivity contribution in [2.24, 2.45) is 5.73 Å². The molecule has 0 aromatic carbocycles. The minimum atomic E-state index is -2.46. The number of nitrogens with one attached hydrogen (secondary N) is 1. The van der Waals surface area contributed by atoms with E-state index in [9.17, 15) is 0 Å². The number of nitrogens with zero attached hydrogens (tertiary/aromatic N) is 1. The first-order chi connectivity index (χ1) is 12.0. The number of nitriles is 1. The maximum absolute atomic E-state index is 8.32. The van der Waals surface area contributed by atoms with Gasteiger partial charge in [-0.05, 0) is 13.0 Å². The average Bonchev–Trinajstić information content (AvgIpc) is 2.67. The third-order valence-electron chi connectivity index (χ3n) is 3.57. The summed E-state index contributed by atoms with van der Waals surface area (Å²) in [5.74, 6) is 0. The summed E-state index contributed by atoms with van der Waals surface area (Å²) in [6.45, 7) is 2.44. The molecule has 0 heterocycles. The Kier molecular flexibility index (Phi) is 18.3. The van der Waals surface area contributed by atoms with Crippen molar-refractivity contribution in [2.45, 2.75) is 24.9 Å². The van der Waals surface area contributed by atoms with Crippen LogP contribution in [0.25, 0.3) is 0 Å². The molecule has 3 N–H and O–H groups in total. The van der Waals surface area contributed by atoms with E-state index in [1.807, 2.05) is 6.07 Å². The second kappa shape index (κ2) is 17.0. The molecular formula is C14H35N3O6Si2. The van der Waals surface area contributed by atoms with Crippen LogP contribution in [0.3, 0.4) is 0 Å². The normalized spacial score (nSPS) is 11.6. The lowest BCUT2D eigenvalue weighted by Crippen LogP contribution is -2.43. The lowest BCUT2D eigenvalue weighted by atomic mass is 10.5. The van der Waals surface area contributed by atoms with Crippen molar-refractivity contribution in [1.82, 2.24) is 5.32 Å². The van der Waals surface area contributed by atoms with Crippen molar-refractivity contribution in [3.63, 3.8) is 0 Å². The first-order valence-corrected chi connectivity index (χ1v) is 11.9. The molecule has 0 aliphatic heterocycles. The van der Waals surface area contributed by atoms with Gasteiger partial charge in [0.2, 0.25) is 0 Å². The van der Waals surface area contributed by atoms with Gasteiger partial charge in [0.05, 0.1) is 6.07 Å². The second-order valence-corrected chi connectivity index (χ2v) is 11.1. The van der Waals surface area contributed by atoms with Crippen molar-refractivity contribution in [1.29, 1.82) is 5.26 Å². The van der Waals surface area contributed by atoms with Crippen LogP contribution < -0.4 is 11.1 Å². The molecule has 0 saturated carbocycles. The smallest absolute Gasteiger partial charge is 0.377 e. The Morgan fingerprint density at radius 3 is 1.60 bits per heavy atom. The van der Waals surface area contributed by atoms with Gasteiger partial charge in [0.15, 0.2) is 0 Å². The molecule has 0 unspecified atom stereocenters. The Labute approximate surface area is 154 Å². The number of rotatable bonds is 14. The van der Waals surface area contributed by atoms with E-state index >= 15 is 0 Å². The maximum atomic E-state index is 8.32. The molecule has 0 amide bonds. The molecule has 25 heavy (non-hydrogen) atoms. The highest BCUT2D eigenvalue weighted by Gasteiger charge is 2.37. The molecule has 0 fully saturated rings. The zero-order chi connectivity index (χ0) is 19.6. The van der Waals surface area contributed by atoms with Crippen LogP contribution in [0, 0.1) is 11.3 Å². The largest absolute Gasteiger partial charge is 0.501 e. The molecule has 0 aliphatic rings. The van der Waals surface area contributed by atoms with Gasteiger partial charge in [0.25, 0.3) is 0 Å². The Bertz CT molecular complexity index is 322. The predicted octanol–water partition coefficient (Wildman–Crippen LogP) is 0.581. The van der Waals surface area contributed by atoms with E-state index < -0.39 is 17.6 Å². The van der Waals surface area contributed by atoms with Crippen LogP contribution in [0.15, 0.2) is 0 Å². The third kappa shape index (κ3) is 11.8. The quantitative estimate of drug-likeness (QED) is 0.320. The molecule has 0 aromatic rings. The fraction of sp³-hybridized carbons (Fsp3) is 0.929. The minimum absolute atomic E-state index is 0.405. The summed E-state index contributed by atoms with van der Waals surface area (Å²) in [6, 6.07) is 3.40. The van der Waals surface area contributed by atoms with Gasteiger partial charge in [-0.2, -0.15) is 5.26 Å². The Morgan fingerprint density at radius 1 is 0.800 bits per heavy atom. The summed E-state index contributed by atoms with van der Waals surface area (Å²) in [6.07, 6.45) is 1.38. The van der Waals surface area contributed by atoms with E-state index in [0.717, 1.165) is 25.6 Å². The van der Waals surface area contributed by atoms with E-state index in [4.69, 9.17) is 37.6 Å². The number of hydrogen-bond donors (Lipinski definition) is 2. The van der Waals surface area contributed by atoms with Crippen LogP contribution >= 0.6 is 0 Å². The van der Waals surface area contributed by atoms with Gasteiger partial charge in [-0.3, -0.25) is 0 Å². The van der Waals surface area contributed by atoms with Crippen LogP contribution in [-0.2, 0) is 26.6 Å². The van der Waals surface area contributed by atoms with Crippen LogP contribution in [-0.4, -0.2) is 79.9 Å². The highest BCUT2D eigenvalue weighted by Crippen LogP contribution is 2.14. The molecule has 150 valence electrons. The Morgan fingerprint density at radius 2 is 1.24 bits per heavy atom. The van der Waals surface area contributed by atoms with Gasteiger partial charge in [-0.15, -0.1) is 0 Å². The molecular weight excluding hydrogens is 362 g/mol. The third-order valence-corrected chi connectivity index (χ3v) is 9.13. The second-order valence-electron chi connectivity index (χ2n) is 4.89. The average molecular weight is 398 g/mol. The van der Waals surface area contributed by atoms with Crippen molar-refractivity contribution in [2.75, 3.05) is 62.3 Å². The van der Waals surface area contributed by atoms with E-state index in [1.54, 1.807) is 21.3 Å². The van der Waals surface area contributed by atoms with E-state index in [1.165, 1.54) is 21.3 Å². The SMILES string of the molecule is CO[Si](CCC#N)(OC)OC.CO[Si](CCCNCCN)(OC)OC. The fourth-order valence-corrected chi connectivity index (χ4v) is 5.23. The first kappa shape index (κ1) is 26.8. The lowest BCUT2D eigenvalue weighted by molar-refractivity contribution is 0.123. The number of nitrogens with two attached hydrogens (primary N) is 1. The molecule has 0 saturated heterocycles. The topological polar surface area (TPSA) is 117 Å². The number of hydrogen-bond acceptors (Lipinski definition) is 9. The fourth-order valence-electron chi connectivity index (χ4n) is 1.98. The van der Waals surface area contributed by atoms with E-state index in [0.29, 0.717) is 19.0 Å². The van der Waals surface area contributed by atoms with Crippen LogP contribution in [0.5, 0.6) is 0 Å². The van der Waals surface area contributed by atoms with Gasteiger partial charge in [-0.1, -0.05) is 0 Å². The van der Waals surface area contributed by atoms with Crippen LogP contribution in [0.2, 0.25) is 12.1 Å². The Balaban J connectivity index is 0. The predicted molar refractivity (Wildman–Crippen MR) is 99.9 cm³/mol. The van der Waals surface area contributed by atoms with Crippen LogP contribution in [0.1, 0.15) is 12.8 Å². The molecule has 0 atom stereocenters. The highest BCUT2D eigenvalue weighted by atomic mass is 28.4. The molecule has 11 heteroatoms. The summed E-state index contributed by atoms with van der Waals surface area (Å²) in [5.41, 5.74) is 5.35. The van der Waals surface area contributed by atoms with Gasteiger partial charge >= 0.3 is 17.6 Å². The minimum Gasteiger partial charge on any atom is -0.377 e. The van der Waals surface area contributed by atoms with Gasteiger partial charge in [-0.25, -0.2) is 0 Å². The summed E-state index contributed by atoms with van der Waals surface area (Å²) in [7, 11) is 4.70. The zero-order valence-electron chi connectivity index (χ0n) is 16.4. The zero-order valence-corrected chi connectivity index (χ0v) is 18.4. The maximum Gasteiger partial charge on any atom is 0.501 e. The summed E-state index contributed by atoms with van der Waals surface area (Å²) in [4.78, 5) is 0. The Hall–Kier alpha value is -0.396. The van der Waals surface area contributed by atoms with Crippen molar-refractivity contribution in [3.05, 3.63) is 0 Å². The molecule has 0 aliphatic carbocycles. The standard InChI is InChI=1S/C8H22N2O3Si.C6H13NO3Si/c1-11-14(12-2,13-3)8-4-6-10-7-5-9;1-8-11(9-2,10-3)6-4-5-7/h10H,4-9H2,1-3H3;4,6H2,1-3H3. The van der Waals surface area contributed by atoms with E-state index in [2.05, 4.69) is 5.32 Å². The molecule has 0 bridgehead atoms. The van der Waals surface area contributed by atoms with Gasteiger partial charge in [0, 0.05) is 74.3 Å². The molecule has 0 rings (SSSR count). The first-order valence-electron chi connectivity index (χ1n) is 8.07. The molecule has 0 aromatic heterocycles.